The van der Waals surface area contributed by atoms with Gasteiger partial charge < -0.3 is 4.98 Å². The lowest BCUT2D eigenvalue weighted by molar-refractivity contribution is 0.816. The number of halogens is 1. The number of pyridine rings is 1. The van der Waals surface area contributed by atoms with Gasteiger partial charge in [0.1, 0.15) is 0 Å². The van der Waals surface area contributed by atoms with Gasteiger partial charge in [-0.2, -0.15) is 0 Å². The van der Waals surface area contributed by atoms with Crippen molar-refractivity contribution < 1.29 is 0 Å². The quantitative estimate of drug-likeness (QED) is 0.878. The SMILES string of the molecule is CCCc1cc(=O)[nH]c(Sc2ccncc2Br)n1. The van der Waals surface area contributed by atoms with Crippen molar-refractivity contribution in [2.75, 3.05) is 0 Å². The number of hydrogen-bond acceptors (Lipinski definition) is 4. The summed E-state index contributed by atoms with van der Waals surface area (Å²) in [5.41, 5.74) is 0.718. The molecule has 0 bridgehead atoms. The van der Waals surface area contributed by atoms with Crippen LogP contribution in [0.4, 0.5) is 0 Å². The van der Waals surface area contributed by atoms with Crippen LogP contribution in [0.5, 0.6) is 0 Å². The van der Waals surface area contributed by atoms with E-state index in [1.807, 2.05) is 6.07 Å². The van der Waals surface area contributed by atoms with Crippen LogP contribution < -0.4 is 5.56 Å². The summed E-state index contributed by atoms with van der Waals surface area (Å²) < 4.78 is 0.888. The van der Waals surface area contributed by atoms with Crippen LogP contribution in [0.2, 0.25) is 0 Å². The van der Waals surface area contributed by atoms with Gasteiger partial charge in [-0.1, -0.05) is 25.1 Å². The molecule has 0 aliphatic rings. The molecule has 94 valence electrons. The number of hydrogen-bond donors (Lipinski definition) is 1. The minimum atomic E-state index is -0.110. The van der Waals surface area contributed by atoms with Gasteiger partial charge in [0.15, 0.2) is 5.16 Å². The summed E-state index contributed by atoms with van der Waals surface area (Å²) in [5.74, 6) is 0. The molecule has 2 aromatic heterocycles. The van der Waals surface area contributed by atoms with Crippen molar-refractivity contribution in [2.24, 2.45) is 0 Å². The second-order valence-electron chi connectivity index (χ2n) is 3.70. The van der Waals surface area contributed by atoms with E-state index < -0.39 is 0 Å². The molecule has 0 aromatic carbocycles. The Bertz CT molecular complexity index is 600. The highest BCUT2D eigenvalue weighted by atomic mass is 79.9. The molecule has 0 fully saturated rings. The number of nitrogens with zero attached hydrogens (tertiary/aromatic N) is 2. The van der Waals surface area contributed by atoms with Gasteiger partial charge in [-0.15, -0.1) is 0 Å². The lowest BCUT2D eigenvalue weighted by Gasteiger charge is -2.04. The van der Waals surface area contributed by atoms with E-state index in [1.165, 1.54) is 11.8 Å². The maximum Gasteiger partial charge on any atom is 0.251 e. The fraction of sp³-hybridized carbons (Fsp3) is 0.250. The Balaban J connectivity index is 2.29. The molecule has 0 spiro atoms. The van der Waals surface area contributed by atoms with E-state index in [-0.39, 0.29) is 5.56 Å². The number of aryl methyl sites for hydroxylation is 1. The van der Waals surface area contributed by atoms with Crippen LogP contribution in [0, 0.1) is 0 Å². The van der Waals surface area contributed by atoms with Gasteiger partial charge in [0.2, 0.25) is 0 Å². The molecule has 0 radical (unpaired) electrons. The van der Waals surface area contributed by atoms with Crippen molar-refractivity contribution >= 4 is 27.7 Å². The van der Waals surface area contributed by atoms with Crippen molar-refractivity contribution in [2.45, 2.75) is 29.8 Å². The third-order valence-electron chi connectivity index (χ3n) is 2.22. The number of nitrogens with one attached hydrogen (secondary N) is 1. The van der Waals surface area contributed by atoms with Gasteiger partial charge in [-0.3, -0.25) is 9.78 Å². The summed E-state index contributed by atoms with van der Waals surface area (Å²) in [6.07, 6.45) is 5.21. The van der Waals surface area contributed by atoms with Crippen LogP contribution >= 0.6 is 27.7 Å². The van der Waals surface area contributed by atoms with E-state index in [4.69, 9.17) is 0 Å². The zero-order valence-corrected chi connectivity index (χ0v) is 12.2. The van der Waals surface area contributed by atoms with E-state index in [2.05, 4.69) is 37.8 Å². The van der Waals surface area contributed by atoms with Gasteiger partial charge in [0.25, 0.3) is 5.56 Å². The Kier molecular flexibility index (Phi) is 4.54. The highest BCUT2D eigenvalue weighted by molar-refractivity contribution is 9.10. The molecule has 0 saturated heterocycles. The van der Waals surface area contributed by atoms with Crippen LogP contribution in [-0.2, 0) is 6.42 Å². The van der Waals surface area contributed by atoms with Gasteiger partial charge in [0, 0.05) is 33.5 Å². The zero-order chi connectivity index (χ0) is 13.0. The minimum absolute atomic E-state index is 0.110. The second-order valence-corrected chi connectivity index (χ2v) is 5.59. The topological polar surface area (TPSA) is 58.6 Å². The predicted octanol–water partition coefficient (Wildman–Crippen LogP) is 3.03. The second kappa shape index (κ2) is 6.15. The Labute approximate surface area is 117 Å². The lowest BCUT2D eigenvalue weighted by atomic mass is 10.2. The molecule has 0 saturated carbocycles. The third-order valence-corrected chi connectivity index (χ3v) is 4.08. The van der Waals surface area contributed by atoms with E-state index in [9.17, 15) is 4.79 Å². The van der Waals surface area contributed by atoms with E-state index in [1.54, 1.807) is 18.5 Å². The standard InChI is InChI=1S/C12H12BrN3OS/c1-2-3-8-6-11(17)16-12(15-8)18-10-4-5-14-7-9(10)13/h4-7H,2-3H2,1H3,(H,15,16,17). The molecular weight excluding hydrogens is 314 g/mol. The lowest BCUT2D eigenvalue weighted by Crippen LogP contribution is -2.09. The molecule has 0 aliphatic carbocycles. The highest BCUT2D eigenvalue weighted by Crippen LogP contribution is 2.30. The molecule has 0 atom stereocenters. The van der Waals surface area contributed by atoms with E-state index >= 15 is 0 Å². The van der Waals surface area contributed by atoms with Gasteiger partial charge in [-0.25, -0.2) is 4.98 Å². The molecule has 0 aliphatic heterocycles. The maximum absolute atomic E-state index is 11.5. The molecule has 2 heterocycles. The molecule has 1 N–H and O–H groups in total. The number of aromatic nitrogens is 3. The summed E-state index contributed by atoms with van der Waals surface area (Å²) in [6.45, 7) is 2.06. The van der Waals surface area contributed by atoms with Gasteiger partial charge >= 0.3 is 0 Å². The average Bonchev–Trinajstić information content (AvgIpc) is 2.32. The van der Waals surface area contributed by atoms with Crippen molar-refractivity contribution in [3.8, 4) is 0 Å². The van der Waals surface area contributed by atoms with E-state index in [0.29, 0.717) is 5.16 Å². The summed E-state index contributed by atoms with van der Waals surface area (Å²) in [4.78, 5) is 23.7. The number of rotatable bonds is 4. The number of aromatic amines is 1. The number of H-pyrrole nitrogens is 1. The van der Waals surface area contributed by atoms with Crippen LogP contribution in [0.1, 0.15) is 19.0 Å². The van der Waals surface area contributed by atoms with Crippen LogP contribution in [0.15, 0.2) is 43.8 Å². The van der Waals surface area contributed by atoms with E-state index in [0.717, 1.165) is 27.9 Å². The average molecular weight is 326 g/mol. The summed E-state index contributed by atoms with van der Waals surface area (Å²) >= 11 is 4.83. The smallest absolute Gasteiger partial charge is 0.251 e. The third kappa shape index (κ3) is 3.43. The first-order chi connectivity index (χ1) is 8.69. The first-order valence-corrected chi connectivity index (χ1v) is 7.17. The fourth-order valence-electron chi connectivity index (χ4n) is 1.47. The predicted molar refractivity (Wildman–Crippen MR) is 74.9 cm³/mol. The molecule has 6 heteroatoms. The molecule has 2 rings (SSSR count). The van der Waals surface area contributed by atoms with Gasteiger partial charge in [0.05, 0.1) is 0 Å². The van der Waals surface area contributed by atoms with Crippen LogP contribution in [0.3, 0.4) is 0 Å². The van der Waals surface area contributed by atoms with Crippen LogP contribution in [-0.4, -0.2) is 15.0 Å². The molecule has 4 nitrogen and oxygen atoms in total. The minimum Gasteiger partial charge on any atom is -0.301 e. The van der Waals surface area contributed by atoms with Crippen LogP contribution in [0.25, 0.3) is 0 Å². The fourth-order valence-corrected chi connectivity index (χ4v) is 2.76. The molecule has 0 amide bonds. The maximum atomic E-state index is 11.5. The monoisotopic (exact) mass is 325 g/mol. The summed E-state index contributed by atoms with van der Waals surface area (Å²) in [5, 5.41) is 0.609. The van der Waals surface area contributed by atoms with Crippen molar-refractivity contribution in [3.63, 3.8) is 0 Å². The molecule has 2 aromatic rings. The highest BCUT2D eigenvalue weighted by Gasteiger charge is 2.06. The summed E-state index contributed by atoms with van der Waals surface area (Å²) in [7, 11) is 0. The largest absolute Gasteiger partial charge is 0.301 e. The zero-order valence-electron chi connectivity index (χ0n) is 9.81. The van der Waals surface area contributed by atoms with Crippen molar-refractivity contribution in [1.82, 2.24) is 15.0 Å². The Morgan fingerprint density at radius 2 is 2.33 bits per heavy atom. The van der Waals surface area contributed by atoms with Gasteiger partial charge in [-0.05, 0) is 28.4 Å². The first-order valence-electron chi connectivity index (χ1n) is 5.56. The first kappa shape index (κ1) is 13.3. The summed E-state index contributed by atoms with van der Waals surface area (Å²) in [6, 6.07) is 3.43. The Hall–Kier alpha value is -1.14. The van der Waals surface area contributed by atoms with Crippen molar-refractivity contribution in [1.29, 1.82) is 0 Å². The molecule has 0 unspecified atom stereocenters. The Morgan fingerprint density at radius 1 is 1.50 bits per heavy atom. The Morgan fingerprint density at radius 3 is 3.06 bits per heavy atom. The normalized spacial score (nSPS) is 10.6. The molecular formula is C12H12BrN3OS. The van der Waals surface area contributed by atoms with Crippen molar-refractivity contribution in [3.05, 3.63) is 45.0 Å². The molecule has 18 heavy (non-hydrogen) atoms.